The Morgan fingerprint density at radius 1 is 1.03 bits per heavy atom. The molecule has 0 saturated carbocycles. The highest BCUT2D eigenvalue weighted by Crippen LogP contribution is 2.24. The number of amides is 1. The van der Waals surface area contributed by atoms with E-state index < -0.39 is 0 Å². The van der Waals surface area contributed by atoms with Crippen LogP contribution in [0.25, 0.3) is 15.5 Å². The third kappa shape index (κ3) is 4.97. The van der Waals surface area contributed by atoms with Gasteiger partial charge >= 0.3 is 0 Å². The van der Waals surface area contributed by atoms with Gasteiger partial charge in [-0.05, 0) is 36.4 Å². The number of benzene rings is 2. The molecule has 10 heteroatoms. The number of carbonyl (C=O) groups is 1. The maximum atomic E-state index is 13.2. The number of hydrogen-bond acceptors (Lipinski definition) is 7. The number of halogens is 1. The lowest BCUT2D eigenvalue weighted by Crippen LogP contribution is -2.49. The summed E-state index contributed by atoms with van der Waals surface area (Å²) in [7, 11) is 0. The second kappa shape index (κ2) is 9.70. The Balaban J connectivity index is 1.20. The number of piperazine rings is 1. The van der Waals surface area contributed by atoms with Crippen molar-refractivity contribution in [1.82, 2.24) is 24.4 Å². The van der Waals surface area contributed by atoms with Crippen LogP contribution in [0.3, 0.4) is 0 Å². The smallest absolute Gasteiger partial charge is 0.275 e. The van der Waals surface area contributed by atoms with Crippen molar-refractivity contribution in [3.63, 3.8) is 0 Å². The van der Waals surface area contributed by atoms with Crippen molar-refractivity contribution in [1.29, 1.82) is 0 Å². The number of para-hydroxylation sites is 1. The van der Waals surface area contributed by atoms with Crippen LogP contribution in [0.15, 0.2) is 65.5 Å². The van der Waals surface area contributed by atoms with Gasteiger partial charge in [-0.25, -0.2) is 9.37 Å². The van der Waals surface area contributed by atoms with Crippen LogP contribution in [0.5, 0.6) is 5.75 Å². The van der Waals surface area contributed by atoms with Gasteiger partial charge in [0, 0.05) is 44.4 Å². The van der Waals surface area contributed by atoms with Crippen LogP contribution in [0, 0.1) is 5.82 Å². The van der Waals surface area contributed by atoms with Gasteiger partial charge in [-0.15, -0.1) is 0 Å². The van der Waals surface area contributed by atoms with Gasteiger partial charge < -0.3 is 9.64 Å². The molecule has 8 nitrogen and oxygen atoms in total. The quantitative estimate of drug-likeness (QED) is 0.423. The Kier molecular flexibility index (Phi) is 6.33. The number of ether oxygens (including phenoxy) is 1. The highest BCUT2D eigenvalue weighted by Gasteiger charge is 2.22. The van der Waals surface area contributed by atoms with Crippen molar-refractivity contribution < 1.29 is 13.9 Å². The summed E-state index contributed by atoms with van der Waals surface area (Å²) in [6, 6.07) is 16.8. The highest BCUT2D eigenvalue weighted by atomic mass is 32.1. The summed E-state index contributed by atoms with van der Waals surface area (Å²) in [5.74, 6) is 0.306. The fraction of sp³-hybridized carbons (Fsp3) is 0.250. The molecule has 174 valence electrons. The zero-order valence-corrected chi connectivity index (χ0v) is 19.1. The molecule has 5 rings (SSSR count). The Labute approximate surface area is 198 Å². The summed E-state index contributed by atoms with van der Waals surface area (Å²) in [6.45, 7) is 3.07. The predicted octanol–water partition coefficient (Wildman–Crippen LogP) is 2.68. The molecule has 0 aliphatic carbocycles. The number of fused-ring (bicyclic) bond motifs is 1. The summed E-state index contributed by atoms with van der Waals surface area (Å²) in [5, 5.41) is 4.94. The lowest BCUT2D eigenvalue weighted by Gasteiger charge is -2.34. The molecular formula is C24H22FN5O3S. The van der Waals surface area contributed by atoms with Gasteiger partial charge in [0.15, 0.2) is 6.61 Å². The molecule has 0 atom stereocenters. The van der Waals surface area contributed by atoms with Crippen LogP contribution in [0.4, 0.5) is 4.39 Å². The van der Waals surface area contributed by atoms with Crippen LogP contribution in [-0.2, 0) is 11.3 Å². The topological polar surface area (TPSA) is 80.0 Å². The van der Waals surface area contributed by atoms with Gasteiger partial charge in [-0.1, -0.05) is 29.5 Å². The minimum Gasteiger partial charge on any atom is -0.484 e. The monoisotopic (exact) mass is 479 g/mol. The van der Waals surface area contributed by atoms with E-state index in [0.29, 0.717) is 54.1 Å². The SMILES string of the molecule is O=C(COc1ccccc1)N1CCN(Cc2cc(=O)n3nc(-c4ccc(F)cc4)sc3n2)CC1. The zero-order valence-electron chi connectivity index (χ0n) is 18.3. The van der Waals surface area contributed by atoms with Gasteiger partial charge in [0.05, 0.1) is 5.69 Å². The van der Waals surface area contributed by atoms with E-state index in [2.05, 4.69) is 15.0 Å². The van der Waals surface area contributed by atoms with E-state index in [0.717, 1.165) is 5.56 Å². The third-order valence-electron chi connectivity index (χ3n) is 5.61. The molecule has 0 bridgehead atoms. The van der Waals surface area contributed by atoms with Crippen LogP contribution in [-0.4, -0.2) is 63.1 Å². The molecule has 0 N–H and O–H groups in total. The number of rotatable bonds is 6. The third-order valence-corrected chi connectivity index (χ3v) is 6.56. The zero-order chi connectivity index (χ0) is 23.5. The van der Waals surface area contributed by atoms with E-state index in [1.54, 1.807) is 17.0 Å². The van der Waals surface area contributed by atoms with E-state index in [1.165, 1.54) is 34.1 Å². The number of carbonyl (C=O) groups excluding carboxylic acids is 1. The number of hydrogen-bond donors (Lipinski definition) is 0. The summed E-state index contributed by atoms with van der Waals surface area (Å²) in [4.78, 5) is 34.1. The van der Waals surface area contributed by atoms with Crippen LogP contribution in [0.1, 0.15) is 5.69 Å². The largest absolute Gasteiger partial charge is 0.484 e. The fourth-order valence-electron chi connectivity index (χ4n) is 3.78. The summed E-state index contributed by atoms with van der Waals surface area (Å²) in [5.41, 5.74) is 1.14. The molecule has 0 spiro atoms. The first-order valence-electron chi connectivity index (χ1n) is 10.9. The summed E-state index contributed by atoms with van der Waals surface area (Å²) < 4.78 is 20.0. The van der Waals surface area contributed by atoms with E-state index in [-0.39, 0.29) is 23.9 Å². The van der Waals surface area contributed by atoms with E-state index in [4.69, 9.17) is 4.74 Å². The lowest BCUT2D eigenvalue weighted by atomic mass is 10.2. The van der Waals surface area contributed by atoms with Crippen LogP contribution >= 0.6 is 11.3 Å². The molecule has 1 amide bonds. The normalized spacial score (nSPS) is 14.4. The first kappa shape index (κ1) is 22.2. The van der Waals surface area contributed by atoms with E-state index in [1.807, 2.05) is 30.3 Å². The summed E-state index contributed by atoms with van der Waals surface area (Å²) in [6.07, 6.45) is 0. The van der Waals surface area contributed by atoms with Crippen molar-refractivity contribution in [2.24, 2.45) is 0 Å². The first-order chi connectivity index (χ1) is 16.5. The maximum absolute atomic E-state index is 13.2. The average molecular weight is 480 g/mol. The van der Waals surface area contributed by atoms with Crippen molar-refractivity contribution in [3.8, 4) is 16.3 Å². The molecule has 4 aromatic rings. The standard InChI is InChI=1S/C24H22FN5O3S/c25-18-8-6-17(7-9-18)23-27-30-21(31)14-19(26-24(30)34-23)15-28-10-12-29(13-11-28)22(32)16-33-20-4-2-1-3-5-20/h1-9,14H,10-13,15-16H2. The van der Waals surface area contributed by atoms with Crippen LogP contribution in [0.2, 0.25) is 0 Å². The predicted molar refractivity (Wildman–Crippen MR) is 126 cm³/mol. The molecule has 1 aliphatic rings. The molecular weight excluding hydrogens is 457 g/mol. The van der Waals surface area contributed by atoms with Crippen molar-refractivity contribution >= 4 is 22.2 Å². The molecule has 0 radical (unpaired) electrons. The Morgan fingerprint density at radius 2 is 1.76 bits per heavy atom. The number of nitrogens with zero attached hydrogens (tertiary/aromatic N) is 5. The second-order valence-electron chi connectivity index (χ2n) is 7.95. The lowest BCUT2D eigenvalue weighted by molar-refractivity contribution is -0.135. The molecule has 34 heavy (non-hydrogen) atoms. The van der Waals surface area contributed by atoms with E-state index in [9.17, 15) is 14.0 Å². The fourth-order valence-corrected chi connectivity index (χ4v) is 4.71. The van der Waals surface area contributed by atoms with Crippen molar-refractivity contribution in [2.45, 2.75) is 6.54 Å². The Morgan fingerprint density at radius 3 is 2.50 bits per heavy atom. The highest BCUT2D eigenvalue weighted by molar-refractivity contribution is 7.19. The van der Waals surface area contributed by atoms with Gasteiger partial charge in [-0.2, -0.15) is 9.61 Å². The van der Waals surface area contributed by atoms with Gasteiger partial charge in [0.1, 0.15) is 16.6 Å². The summed E-state index contributed by atoms with van der Waals surface area (Å²) >= 11 is 1.29. The van der Waals surface area contributed by atoms with Gasteiger partial charge in [-0.3, -0.25) is 14.5 Å². The molecule has 2 aromatic heterocycles. The Bertz CT molecular complexity index is 1350. The molecule has 1 saturated heterocycles. The molecule has 1 fully saturated rings. The Hall–Kier alpha value is -3.63. The van der Waals surface area contributed by atoms with Gasteiger partial charge in [0.2, 0.25) is 4.96 Å². The van der Waals surface area contributed by atoms with E-state index >= 15 is 0 Å². The van der Waals surface area contributed by atoms with Crippen molar-refractivity contribution in [2.75, 3.05) is 32.8 Å². The number of aromatic nitrogens is 3. The molecule has 0 unspecified atom stereocenters. The second-order valence-corrected chi connectivity index (χ2v) is 8.91. The first-order valence-corrected chi connectivity index (χ1v) is 11.7. The minimum absolute atomic E-state index is 0.0147. The van der Waals surface area contributed by atoms with Crippen LogP contribution < -0.4 is 10.3 Å². The molecule has 1 aliphatic heterocycles. The van der Waals surface area contributed by atoms with Crippen molar-refractivity contribution in [3.05, 3.63) is 82.5 Å². The maximum Gasteiger partial charge on any atom is 0.275 e. The molecule has 3 heterocycles. The molecule has 2 aromatic carbocycles. The van der Waals surface area contributed by atoms with Gasteiger partial charge in [0.25, 0.3) is 11.5 Å². The average Bonchev–Trinajstić information content (AvgIpc) is 3.29. The minimum atomic E-state index is -0.326.